The van der Waals surface area contributed by atoms with E-state index in [1.54, 1.807) is 12.1 Å². The second-order valence-electron chi connectivity index (χ2n) is 5.06. The highest BCUT2D eigenvalue weighted by Crippen LogP contribution is 2.45. The monoisotopic (exact) mass is 401 g/mol. The van der Waals surface area contributed by atoms with Gasteiger partial charge >= 0.3 is 0 Å². The van der Waals surface area contributed by atoms with Gasteiger partial charge in [-0.1, -0.05) is 58.5 Å². The summed E-state index contributed by atoms with van der Waals surface area (Å²) in [5.41, 5.74) is 0.384. The van der Waals surface area contributed by atoms with Gasteiger partial charge in [0.15, 0.2) is 5.78 Å². The van der Waals surface area contributed by atoms with Gasteiger partial charge in [0.2, 0.25) is 0 Å². The predicted octanol–water partition coefficient (Wildman–Crippen LogP) is 5.30. The van der Waals surface area contributed by atoms with Crippen LogP contribution in [0.1, 0.15) is 38.0 Å². The summed E-state index contributed by atoms with van der Waals surface area (Å²) < 4.78 is 0. The van der Waals surface area contributed by atoms with Crippen LogP contribution in [0.5, 0.6) is 0 Å². The van der Waals surface area contributed by atoms with Gasteiger partial charge in [-0.3, -0.25) is 14.4 Å². The van der Waals surface area contributed by atoms with Crippen molar-refractivity contribution < 1.29 is 14.4 Å². The molecule has 1 heterocycles. The molecule has 122 valence electrons. The average molecular weight is 403 g/mol. The van der Waals surface area contributed by atoms with Crippen molar-refractivity contribution in [2.24, 2.45) is 0 Å². The second-order valence-corrected chi connectivity index (χ2v) is 6.57. The molecule has 0 saturated carbocycles. The van der Waals surface area contributed by atoms with Crippen LogP contribution < -0.4 is 4.90 Å². The summed E-state index contributed by atoms with van der Waals surface area (Å²) in [4.78, 5) is 37.8. The first-order chi connectivity index (χ1) is 11.3. The molecule has 2 amide bonds. The first-order valence-corrected chi connectivity index (χ1v) is 8.12. The van der Waals surface area contributed by atoms with Crippen molar-refractivity contribution >= 4 is 69.7 Å². The number of carbonyl (C=O) groups excluding carboxylic acids is 3. The molecule has 0 aliphatic carbocycles. The number of nitrogens with zero attached hydrogens (tertiary/aromatic N) is 1. The third kappa shape index (κ3) is 2.42. The Morgan fingerprint density at radius 3 is 1.83 bits per heavy atom. The average Bonchev–Trinajstić information content (AvgIpc) is 2.82. The standard InChI is InChI=1S/C16H7Cl4NO3/c1-6(22)7-3-2-4-8(5-7)21-15(23)9-10(16(21)24)12(18)14(20)13(19)11(9)17/h2-5H,1H3. The third-order valence-corrected chi connectivity index (χ3v) is 5.41. The van der Waals surface area contributed by atoms with Crippen LogP contribution in [0.25, 0.3) is 0 Å². The Labute approximate surface area is 156 Å². The van der Waals surface area contributed by atoms with Crippen LogP contribution in [0.3, 0.4) is 0 Å². The van der Waals surface area contributed by atoms with Crippen LogP contribution in [0, 0.1) is 0 Å². The quantitative estimate of drug-likeness (QED) is 0.296. The molecule has 1 aliphatic heterocycles. The van der Waals surface area contributed by atoms with Crippen molar-refractivity contribution in [1.82, 2.24) is 0 Å². The number of halogens is 4. The molecule has 8 heteroatoms. The van der Waals surface area contributed by atoms with Gasteiger partial charge in [-0.2, -0.15) is 0 Å². The molecule has 0 aromatic heterocycles. The maximum Gasteiger partial charge on any atom is 0.267 e. The van der Waals surface area contributed by atoms with Crippen molar-refractivity contribution in [3.05, 3.63) is 61.0 Å². The number of Topliss-reactive ketones (excluding diaryl/α,β-unsaturated/α-hetero) is 1. The molecule has 24 heavy (non-hydrogen) atoms. The van der Waals surface area contributed by atoms with E-state index in [1.807, 2.05) is 0 Å². The van der Waals surface area contributed by atoms with E-state index in [0.29, 0.717) is 5.56 Å². The number of hydrogen-bond donors (Lipinski definition) is 0. The fourth-order valence-corrected chi connectivity index (χ4v) is 3.46. The summed E-state index contributed by atoms with van der Waals surface area (Å²) in [5, 5.41) is -0.459. The minimum absolute atomic E-state index is 0.0948. The van der Waals surface area contributed by atoms with Gasteiger partial charge in [0.1, 0.15) is 0 Å². The van der Waals surface area contributed by atoms with Gasteiger partial charge in [0, 0.05) is 5.56 Å². The van der Waals surface area contributed by atoms with Crippen LogP contribution in [-0.2, 0) is 0 Å². The Hall–Kier alpha value is -1.59. The topological polar surface area (TPSA) is 54.5 Å². The van der Waals surface area contributed by atoms with Crippen molar-refractivity contribution in [3.8, 4) is 0 Å². The van der Waals surface area contributed by atoms with Crippen molar-refractivity contribution in [3.63, 3.8) is 0 Å². The summed E-state index contributed by atoms with van der Waals surface area (Å²) in [6, 6.07) is 6.12. The zero-order valence-electron chi connectivity index (χ0n) is 12.0. The van der Waals surface area contributed by atoms with Crippen molar-refractivity contribution in [1.29, 1.82) is 0 Å². The van der Waals surface area contributed by atoms with Crippen LogP contribution in [0.15, 0.2) is 24.3 Å². The molecule has 3 rings (SSSR count). The molecule has 2 aromatic rings. The molecule has 1 aliphatic rings. The summed E-state index contributed by atoms with van der Waals surface area (Å²) in [5.74, 6) is -1.56. The Kier molecular flexibility index (Phi) is 4.34. The molecule has 0 saturated heterocycles. The summed E-state index contributed by atoms with van der Waals surface area (Å²) in [7, 11) is 0. The molecular weight excluding hydrogens is 396 g/mol. The first kappa shape index (κ1) is 17.2. The third-order valence-electron chi connectivity index (χ3n) is 3.61. The van der Waals surface area contributed by atoms with E-state index >= 15 is 0 Å². The Balaban J connectivity index is 2.22. The summed E-state index contributed by atoms with van der Waals surface area (Å²) in [6.07, 6.45) is 0. The number of carbonyl (C=O) groups is 3. The molecule has 0 N–H and O–H groups in total. The van der Waals surface area contributed by atoms with E-state index in [1.165, 1.54) is 19.1 Å². The van der Waals surface area contributed by atoms with E-state index < -0.39 is 11.8 Å². The van der Waals surface area contributed by atoms with Crippen LogP contribution >= 0.6 is 46.4 Å². The molecule has 0 fully saturated rings. The molecule has 2 aromatic carbocycles. The lowest BCUT2D eigenvalue weighted by atomic mass is 10.1. The fourth-order valence-electron chi connectivity index (χ4n) is 2.45. The highest BCUT2D eigenvalue weighted by molar-refractivity contribution is 6.56. The number of fused-ring (bicyclic) bond motifs is 1. The number of ketones is 1. The molecule has 0 bridgehead atoms. The minimum atomic E-state index is -0.679. The zero-order chi connectivity index (χ0) is 17.8. The highest BCUT2D eigenvalue weighted by atomic mass is 35.5. The fraction of sp³-hybridized carbons (Fsp3) is 0.0625. The van der Waals surface area contributed by atoms with Crippen molar-refractivity contribution in [2.45, 2.75) is 6.92 Å². The normalized spacial score (nSPS) is 13.5. The zero-order valence-corrected chi connectivity index (χ0v) is 15.0. The van der Waals surface area contributed by atoms with E-state index in [2.05, 4.69) is 0 Å². The largest absolute Gasteiger partial charge is 0.295 e. The second kappa shape index (κ2) is 6.05. The van der Waals surface area contributed by atoms with E-state index in [4.69, 9.17) is 46.4 Å². The lowest BCUT2D eigenvalue weighted by Gasteiger charge is -2.14. The lowest BCUT2D eigenvalue weighted by molar-refractivity contribution is 0.0924. The Bertz CT molecular complexity index is 892. The number of anilines is 1. The van der Waals surface area contributed by atoms with Crippen LogP contribution in [-0.4, -0.2) is 17.6 Å². The number of rotatable bonds is 2. The molecule has 4 nitrogen and oxygen atoms in total. The molecule has 0 unspecified atom stereocenters. The Morgan fingerprint density at radius 2 is 1.38 bits per heavy atom. The molecule has 0 radical (unpaired) electrons. The number of benzene rings is 2. The number of amides is 2. The van der Waals surface area contributed by atoms with Gasteiger partial charge in [-0.25, -0.2) is 4.90 Å². The molecule has 0 spiro atoms. The van der Waals surface area contributed by atoms with E-state index in [9.17, 15) is 14.4 Å². The van der Waals surface area contributed by atoms with Gasteiger partial charge in [0.25, 0.3) is 11.8 Å². The van der Waals surface area contributed by atoms with E-state index in [0.717, 1.165) is 4.90 Å². The maximum atomic E-state index is 12.7. The minimum Gasteiger partial charge on any atom is -0.295 e. The van der Waals surface area contributed by atoms with Gasteiger partial charge in [-0.05, 0) is 19.1 Å². The van der Waals surface area contributed by atoms with Crippen LogP contribution in [0.4, 0.5) is 5.69 Å². The first-order valence-electron chi connectivity index (χ1n) is 6.61. The van der Waals surface area contributed by atoms with Gasteiger partial charge in [0.05, 0.1) is 36.9 Å². The Morgan fingerprint density at radius 1 is 0.875 bits per heavy atom. The van der Waals surface area contributed by atoms with Crippen LogP contribution in [0.2, 0.25) is 20.1 Å². The molecule has 0 atom stereocenters. The predicted molar refractivity (Wildman–Crippen MR) is 94.1 cm³/mol. The van der Waals surface area contributed by atoms with Crippen molar-refractivity contribution in [2.75, 3.05) is 4.90 Å². The number of imide groups is 1. The SMILES string of the molecule is CC(=O)c1cccc(N2C(=O)c3c(Cl)c(Cl)c(Cl)c(Cl)c3C2=O)c1. The maximum absolute atomic E-state index is 12.7. The lowest BCUT2D eigenvalue weighted by Crippen LogP contribution is -2.29. The summed E-state index contributed by atoms with van der Waals surface area (Å²) in [6.45, 7) is 1.38. The number of hydrogen-bond acceptors (Lipinski definition) is 3. The smallest absolute Gasteiger partial charge is 0.267 e. The molecular formula is C16H7Cl4NO3. The van der Waals surface area contributed by atoms with E-state index in [-0.39, 0.29) is 42.7 Å². The van der Waals surface area contributed by atoms with Gasteiger partial charge < -0.3 is 0 Å². The summed E-state index contributed by atoms with van der Waals surface area (Å²) >= 11 is 24.1. The highest BCUT2D eigenvalue weighted by Gasteiger charge is 2.42. The van der Waals surface area contributed by atoms with Gasteiger partial charge in [-0.15, -0.1) is 0 Å².